The highest BCUT2D eigenvalue weighted by atomic mass is 35.5. The Hall–Kier alpha value is -2.21. The van der Waals surface area contributed by atoms with Crippen molar-refractivity contribution in [1.29, 1.82) is 0 Å². The zero-order chi connectivity index (χ0) is 18.2. The van der Waals surface area contributed by atoms with E-state index in [1.807, 2.05) is 47.4 Å². The van der Waals surface area contributed by atoms with E-state index in [0.29, 0.717) is 12.1 Å². The van der Waals surface area contributed by atoms with Crippen LogP contribution in [0.5, 0.6) is 0 Å². The minimum absolute atomic E-state index is 0. The molecular weight excluding hydrogens is 407 g/mol. The van der Waals surface area contributed by atoms with Gasteiger partial charge in [-0.3, -0.25) is 9.78 Å². The van der Waals surface area contributed by atoms with E-state index in [1.54, 1.807) is 12.4 Å². The molecule has 7 heteroatoms. The SMILES string of the molecule is Cl.Cl.O=C(c1cc(-c2ccncc2)nc2ccccc12)N1CCC2CCC(C1)N2. The number of hydrogen-bond acceptors (Lipinski definition) is 4. The lowest BCUT2D eigenvalue weighted by Gasteiger charge is -2.25. The van der Waals surface area contributed by atoms with Gasteiger partial charge in [-0.1, -0.05) is 18.2 Å². The average molecular weight is 431 g/mol. The van der Waals surface area contributed by atoms with Crippen molar-refractivity contribution in [2.24, 2.45) is 0 Å². The van der Waals surface area contributed by atoms with Crippen molar-refractivity contribution in [3.8, 4) is 11.3 Å². The third-order valence-electron chi connectivity index (χ3n) is 5.73. The number of halogens is 2. The Morgan fingerprint density at radius 2 is 1.76 bits per heavy atom. The molecule has 0 saturated carbocycles. The Bertz CT molecular complexity index is 999. The molecule has 0 spiro atoms. The van der Waals surface area contributed by atoms with Gasteiger partial charge in [0.25, 0.3) is 5.91 Å². The van der Waals surface area contributed by atoms with E-state index in [9.17, 15) is 4.79 Å². The van der Waals surface area contributed by atoms with E-state index in [0.717, 1.165) is 53.7 Å². The molecule has 3 aromatic rings. The molecule has 1 amide bonds. The Labute approximate surface area is 182 Å². The molecule has 2 atom stereocenters. The lowest BCUT2D eigenvalue weighted by Crippen LogP contribution is -2.39. The number of para-hydroxylation sites is 1. The number of amides is 1. The summed E-state index contributed by atoms with van der Waals surface area (Å²) in [5.41, 5.74) is 3.38. The first-order valence-electron chi connectivity index (χ1n) is 9.63. The molecule has 4 heterocycles. The number of aromatic nitrogens is 2. The summed E-state index contributed by atoms with van der Waals surface area (Å²) in [6.45, 7) is 1.60. The third kappa shape index (κ3) is 4.22. The van der Waals surface area contributed by atoms with Crippen molar-refractivity contribution in [3.63, 3.8) is 0 Å². The number of pyridine rings is 2. The number of nitrogens with one attached hydrogen (secondary N) is 1. The van der Waals surface area contributed by atoms with Crippen molar-refractivity contribution in [1.82, 2.24) is 20.2 Å². The summed E-state index contributed by atoms with van der Waals surface area (Å²) >= 11 is 0. The normalized spacial score (nSPS) is 20.5. The van der Waals surface area contributed by atoms with Crippen LogP contribution in [0.25, 0.3) is 22.2 Å². The maximum Gasteiger partial charge on any atom is 0.254 e. The second kappa shape index (κ2) is 9.08. The number of likely N-dealkylation sites (tertiary alicyclic amines) is 1. The first kappa shape index (κ1) is 21.5. The van der Waals surface area contributed by atoms with Crippen LogP contribution < -0.4 is 5.32 Å². The van der Waals surface area contributed by atoms with Crippen LogP contribution in [0.3, 0.4) is 0 Å². The first-order valence-corrected chi connectivity index (χ1v) is 9.63. The van der Waals surface area contributed by atoms with Crippen LogP contribution in [0.2, 0.25) is 0 Å². The molecule has 0 radical (unpaired) electrons. The summed E-state index contributed by atoms with van der Waals surface area (Å²) in [4.78, 5) is 24.4. The molecule has 2 unspecified atom stereocenters. The lowest BCUT2D eigenvalue weighted by atomic mass is 10.0. The molecular formula is C22H24Cl2N4O. The zero-order valence-electron chi connectivity index (χ0n) is 16.0. The van der Waals surface area contributed by atoms with Crippen LogP contribution >= 0.6 is 24.8 Å². The largest absolute Gasteiger partial charge is 0.337 e. The average Bonchev–Trinajstić information content (AvgIpc) is 3.06. The van der Waals surface area contributed by atoms with Gasteiger partial charge >= 0.3 is 0 Å². The predicted octanol–water partition coefficient (Wildman–Crippen LogP) is 4.11. The van der Waals surface area contributed by atoms with Gasteiger partial charge in [0.2, 0.25) is 0 Å². The molecule has 1 N–H and O–H groups in total. The fourth-order valence-electron chi connectivity index (χ4n) is 4.32. The minimum Gasteiger partial charge on any atom is -0.337 e. The highest BCUT2D eigenvalue weighted by molar-refractivity contribution is 6.07. The molecule has 2 aromatic heterocycles. The Balaban J connectivity index is 0.00000120. The van der Waals surface area contributed by atoms with Gasteiger partial charge in [0.1, 0.15) is 0 Å². The molecule has 2 bridgehead atoms. The molecule has 152 valence electrons. The topological polar surface area (TPSA) is 58.1 Å². The summed E-state index contributed by atoms with van der Waals surface area (Å²) in [6.07, 6.45) is 6.93. The van der Waals surface area contributed by atoms with Gasteiger partial charge in [-0.05, 0) is 43.5 Å². The molecule has 1 aromatic carbocycles. The summed E-state index contributed by atoms with van der Waals surface area (Å²) in [6, 6.07) is 14.7. The van der Waals surface area contributed by atoms with E-state index in [1.165, 1.54) is 6.42 Å². The van der Waals surface area contributed by atoms with Crippen LogP contribution in [-0.4, -0.2) is 45.9 Å². The smallest absolute Gasteiger partial charge is 0.254 e. The van der Waals surface area contributed by atoms with Crippen LogP contribution in [0, 0.1) is 0 Å². The molecule has 5 nitrogen and oxygen atoms in total. The maximum atomic E-state index is 13.5. The van der Waals surface area contributed by atoms with Crippen molar-refractivity contribution in [2.45, 2.75) is 31.3 Å². The van der Waals surface area contributed by atoms with E-state index >= 15 is 0 Å². The van der Waals surface area contributed by atoms with Crippen molar-refractivity contribution in [3.05, 3.63) is 60.4 Å². The third-order valence-corrected chi connectivity index (χ3v) is 5.73. The fraction of sp³-hybridized carbons (Fsp3) is 0.318. The highest BCUT2D eigenvalue weighted by Crippen LogP contribution is 2.27. The van der Waals surface area contributed by atoms with Crippen molar-refractivity contribution >= 4 is 41.6 Å². The Morgan fingerprint density at radius 1 is 1.00 bits per heavy atom. The number of rotatable bonds is 2. The standard InChI is InChI=1S/C22H22N4O.2ClH/c27-22(26-12-9-16-5-6-17(14-26)24-16)19-13-21(15-7-10-23-11-8-15)25-20-4-2-1-3-18(19)20;;/h1-4,7-8,10-11,13,16-17,24H,5-6,9,12,14H2;2*1H. The van der Waals surface area contributed by atoms with Gasteiger partial charge in [0, 0.05) is 48.5 Å². The number of carbonyl (C=O) groups is 1. The number of fused-ring (bicyclic) bond motifs is 3. The monoisotopic (exact) mass is 430 g/mol. The second-order valence-electron chi connectivity index (χ2n) is 7.49. The summed E-state index contributed by atoms with van der Waals surface area (Å²) in [5.74, 6) is 0.109. The molecule has 29 heavy (non-hydrogen) atoms. The summed E-state index contributed by atoms with van der Waals surface area (Å²) in [5, 5.41) is 4.57. The molecule has 2 fully saturated rings. The fourth-order valence-corrected chi connectivity index (χ4v) is 4.32. The van der Waals surface area contributed by atoms with Gasteiger partial charge in [0.15, 0.2) is 0 Å². The van der Waals surface area contributed by atoms with Gasteiger partial charge < -0.3 is 10.2 Å². The Morgan fingerprint density at radius 3 is 2.59 bits per heavy atom. The number of nitrogens with zero attached hydrogens (tertiary/aromatic N) is 3. The van der Waals surface area contributed by atoms with Crippen molar-refractivity contribution in [2.75, 3.05) is 13.1 Å². The highest BCUT2D eigenvalue weighted by Gasteiger charge is 2.32. The summed E-state index contributed by atoms with van der Waals surface area (Å²) < 4.78 is 0. The van der Waals surface area contributed by atoms with Crippen LogP contribution in [0.4, 0.5) is 0 Å². The molecule has 2 aliphatic rings. The van der Waals surface area contributed by atoms with E-state index in [-0.39, 0.29) is 30.7 Å². The number of benzene rings is 1. The summed E-state index contributed by atoms with van der Waals surface area (Å²) in [7, 11) is 0. The molecule has 2 aliphatic heterocycles. The number of hydrogen-bond donors (Lipinski definition) is 1. The molecule has 5 rings (SSSR count). The molecule has 2 saturated heterocycles. The number of carbonyl (C=O) groups excluding carboxylic acids is 1. The quantitative estimate of drug-likeness (QED) is 0.664. The predicted molar refractivity (Wildman–Crippen MR) is 120 cm³/mol. The Kier molecular flexibility index (Phi) is 6.73. The van der Waals surface area contributed by atoms with E-state index in [2.05, 4.69) is 10.3 Å². The van der Waals surface area contributed by atoms with Gasteiger partial charge in [-0.2, -0.15) is 0 Å². The van der Waals surface area contributed by atoms with Crippen LogP contribution in [0.1, 0.15) is 29.6 Å². The maximum absolute atomic E-state index is 13.5. The van der Waals surface area contributed by atoms with Gasteiger partial charge in [-0.15, -0.1) is 24.8 Å². The van der Waals surface area contributed by atoms with Crippen LogP contribution in [0.15, 0.2) is 54.9 Å². The first-order chi connectivity index (χ1) is 13.3. The zero-order valence-corrected chi connectivity index (χ0v) is 17.6. The van der Waals surface area contributed by atoms with Crippen molar-refractivity contribution < 1.29 is 4.79 Å². The van der Waals surface area contributed by atoms with Gasteiger partial charge in [0.05, 0.1) is 16.8 Å². The second-order valence-corrected chi connectivity index (χ2v) is 7.49. The van der Waals surface area contributed by atoms with Gasteiger partial charge in [-0.25, -0.2) is 4.98 Å². The molecule has 0 aliphatic carbocycles. The van der Waals surface area contributed by atoms with E-state index in [4.69, 9.17) is 4.98 Å². The van der Waals surface area contributed by atoms with E-state index < -0.39 is 0 Å². The minimum atomic E-state index is 0. The lowest BCUT2D eigenvalue weighted by molar-refractivity contribution is 0.0750. The van der Waals surface area contributed by atoms with Crippen LogP contribution in [-0.2, 0) is 0 Å².